The normalized spacial score (nSPS) is 21.0. The molecule has 0 saturated carbocycles. The van der Waals surface area contributed by atoms with E-state index in [9.17, 15) is 13.2 Å². The molecule has 4 N–H and O–H groups in total. The molecule has 0 bridgehead atoms. The molecule has 166 valence electrons. The van der Waals surface area contributed by atoms with Crippen LogP contribution in [0.25, 0.3) is 10.9 Å². The van der Waals surface area contributed by atoms with Gasteiger partial charge in [-0.15, -0.1) is 12.4 Å². The van der Waals surface area contributed by atoms with E-state index in [1.165, 1.54) is 18.3 Å². The number of aromatic nitrogens is 1. The van der Waals surface area contributed by atoms with E-state index < -0.39 is 24.3 Å². The van der Waals surface area contributed by atoms with E-state index in [4.69, 9.17) is 10.5 Å². The number of ether oxygens (including phenoxy) is 2. The van der Waals surface area contributed by atoms with Gasteiger partial charge in [-0.1, -0.05) is 12.1 Å². The Labute approximate surface area is 183 Å². The monoisotopic (exact) mass is 454 g/mol. The molecule has 3 aromatic rings. The SMILES string of the molecule is CC1(c2cc(Nc3cccc4cc(OC(F)F)cnc34)ccc2F)CNC[C@H](N)O1.Cl. The number of rotatable bonds is 5. The van der Waals surface area contributed by atoms with Gasteiger partial charge < -0.3 is 25.8 Å². The summed E-state index contributed by atoms with van der Waals surface area (Å²) in [6.07, 6.45) is 0.700. The Kier molecular flexibility index (Phi) is 6.90. The van der Waals surface area contributed by atoms with Gasteiger partial charge >= 0.3 is 6.61 Å². The molecule has 31 heavy (non-hydrogen) atoms. The van der Waals surface area contributed by atoms with Crippen LogP contribution in [0.1, 0.15) is 12.5 Å². The number of halogens is 4. The number of pyridine rings is 1. The summed E-state index contributed by atoms with van der Waals surface area (Å²) in [5.74, 6) is -0.422. The summed E-state index contributed by atoms with van der Waals surface area (Å²) in [7, 11) is 0. The van der Waals surface area contributed by atoms with Crippen LogP contribution >= 0.6 is 12.4 Å². The van der Waals surface area contributed by atoms with Crippen molar-refractivity contribution in [3.05, 3.63) is 60.0 Å². The lowest BCUT2D eigenvalue weighted by molar-refractivity contribution is -0.109. The van der Waals surface area contributed by atoms with Crippen molar-refractivity contribution in [1.29, 1.82) is 0 Å². The molecule has 0 amide bonds. The molecule has 2 atom stereocenters. The zero-order valence-electron chi connectivity index (χ0n) is 16.6. The average Bonchev–Trinajstić information content (AvgIpc) is 2.69. The lowest BCUT2D eigenvalue weighted by Crippen LogP contribution is -2.53. The highest BCUT2D eigenvalue weighted by Gasteiger charge is 2.35. The minimum Gasteiger partial charge on any atom is -0.433 e. The van der Waals surface area contributed by atoms with Crippen molar-refractivity contribution < 1.29 is 22.6 Å². The Morgan fingerprint density at radius 1 is 1.29 bits per heavy atom. The Hall–Kier alpha value is -2.59. The van der Waals surface area contributed by atoms with Gasteiger partial charge in [-0.25, -0.2) is 4.39 Å². The standard InChI is InChI=1S/C21H21F3N4O2.ClH/c1-21(11-26-10-18(25)30-21)15-8-13(5-6-16(15)22)28-17-4-2-3-12-7-14(29-20(23)24)9-27-19(12)17;/h2-9,18,20,26,28H,10-11,25H2,1H3;1H/t18-,21?;/m1./s1. The predicted octanol–water partition coefficient (Wildman–Crippen LogP) is 4.26. The lowest BCUT2D eigenvalue weighted by Gasteiger charge is -2.38. The molecular weight excluding hydrogens is 433 g/mol. The number of hydrogen-bond donors (Lipinski definition) is 3. The first-order valence-corrected chi connectivity index (χ1v) is 9.39. The maximum absolute atomic E-state index is 14.6. The van der Waals surface area contributed by atoms with Gasteiger partial charge in [0, 0.05) is 29.7 Å². The van der Waals surface area contributed by atoms with Crippen molar-refractivity contribution in [3.8, 4) is 5.75 Å². The van der Waals surface area contributed by atoms with Gasteiger partial charge in [-0.2, -0.15) is 8.78 Å². The third kappa shape index (κ3) is 5.01. The molecule has 0 radical (unpaired) electrons. The van der Waals surface area contributed by atoms with E-state index in [1.807, 2.05) is 0 Å². The summed E-state index contributed by atoms with van der Waals surface area (Å²) >= 11 is 0. The molecule has 1 saturated heterocycles. The van der Waals surface area contributed by atoms with Gasteiger partial charge in [0.2, 0.25) is 0 Å². The third-order valence-electron chi connectivity index (χ3n) is 4.95. The number of anilines is 2. The fourth-order valence-corrected chi connectivity index (χ4v) is 3.60. The minimum absolute atomic E-state index is 0. The Morgan fingerprint density at radius 2 is 2.10 bits per heavy atom. The molecule has 0 aliphatic carbocycles. The number of nitrogens with one attached hydrogen (secondary N) is 2. The van der Waals surface area contributed by atoms with E-state index >= 15 is 0 Å². The second-order valence-corrected chi connectivity index (χ2v) is 7.26. The quantitative estimate of drug-likeness (QED) is 0.534. The summed E-state index contributed by atoms with van der Waals surface area (Å²) in [5, 5.41) is 6.99. The summed E-state index contributed by atoms with van der Waals surface area (Å²) in [6.45, 7) is -0.225. The molecule has 1 aliphatic rings. The number of benzene rings is 2. The van der Waals surface area contributed by atoms with Crippen LogP contribution in [0.5, 0.6) is 5.75 Å². The van der Waals surface area contributed by atoms with E-state index in [0.717, 1.165) is 0 Å². The summed E-state index contributed by atoms with van der Waals surface area (Å²) in [5.41, 5.74) is 7.15. The number of fused-ring (bicyclic) bond motifs is 1. The summed E-state index contributed by atoms with van der Waals surface area (Å²) < 4.78 is 49.7. The third-order valence-corrected chi connectivity index (χ3v) is 4.95. The number of morpholine rings is 1. The van der Waals surface area contributed by atoms with Crippen molar-refractivity contribution in [3.63, 3.8) is 0 Å². The van der Waals surface area contributed by atoms with Gasteiger partial charge in [0.1, 0.15) is 23.4 Å². The Bertz CT molecular complexity index is 1070. The molecular formula is C21H22ClF3N4O2. The minimum atomic E-state index is -2.92. The van der Waals surface area contributed by atoms with E-state index in [1.54, 1.807) is 37.3 Å². The van der Waals surface area contributed by atoms with E-state index in [-0.39, 0.29) is 18.2 Å². The molecule has 4 rings (SSSR count). The van der Waals surface area contributed by atoms with Crippen LogP contribution in [-0.2, 0) is 10.3 Å². The molecule has 2 aromatic carbocycles. The molecule has 1 aliphatic heterocycles. The highest BCUT2D eigenvalue weighted by atomic mass is 35.5. The topological polar surface area (TPSA) is 81.4 Å². The van der Waals surface area contributed by atoms with Crippen LogP contribution < -0.4 is 21.1 Å². The zero-order valence-corrected chi connectivity index (χ0v) is 17.4. The molecule has 6 nitrogen and oxygen atoms in total. The second kappa shape index (κ2) is 9.27. The first kappa shape index (κ1) is 23.1. The van der Waals surface area contributed by atoms with Crippen LogP contribution in [0.4, 0.5) is 24.5 Å². The van der Waals surface area contributed by atoms with Crippen LogP contribution in [0, 0.1) is 5.82 Å². The number of para-hydroxylation sites is 1. The number of nitrogens with zero attached hydrogens (tertiary/aromatic N) is 1. The smallest absolute Gasteiger partial charge is 0.387 e. The van der Waals surface area contributed by atoms with E-state index in [2.05, 4.69) is 20.4 Å². The first-order chi connectivity index (χ1) is 14.3. The molecule has 1 fully saturated rings. The summed E-state index contributed by atoms with van der Waals surface area (Å²) in [4.78, 5) is 4.24. The lowest BCUT2D eigenvalue weighted by atomic mass is 9.93. The van der Waals surface area contributed by atoms with Crippen LogP contribution in [0.3, 0.4) is 0 Å². The van der Waals surface area contributed by atoms with Crippen molar-refractivity contribution in [2.45, 2.75) is 25.4 Å². The number of nitrogens with two attached hydrogens (primary N) is 1. The van der Waals surface area contributed by atoms with Crippen LogP contribution in [-0.4, -0.2) is 30.9 Å². The van der Waals surface area contributed by atoms with Gasteiger partial charge in [0.25, 0.3) is 0 Å². The number of hydrogen-bond acceptors (Lipinski definition) is 6. The maximum atomic E-state index is 14.6. The van der Waals surface area contributed by atoms with Crippen LogP contribution in [0.15, 0.2) is 48.7 Å². The van der Waals surface area contributed by atoms with E-state index in [0.29, 0.717) is 40.9 Å². The Balaban J connectivity index is 0.00000272. The maximum Gasteiger partial charge on any atom is 0.387 e. The number of alkyl halides is 2. The van der Waals surface area contributed by atoms with Gasteiger partial charge in [0.15, 0.2) is 0 Å². The largest absolute Gasteiger partial charge is 0.433 e. The fourth-order valence-electron chi connectivity index (χ4n) is 3.60. The fraction of sp³-hybridized carbons (Fsp3) is 0.286. The van der Waals surface area contributed by atoms with Crippen molar-refractivity contribution in [2.24, 2.45) is 5.73 Å². The van der Waals surface area contributed by atoms with Crippen molar-refractivity contribution in [2.75, 3.05) is 18.4 Å². The molecule has 10 heteroatoms. The van der Waals surface area contributed by atoms with Crippen LogP contribution in [0.2, 0.25) is 0 Å². The zero-order chi connectivity index (χ0) is 21.3. The van der Waals surface area contributed by atoms with Gasteiger partial charge in [-0.3, -0.25) is 4.98 Å². The van der Waals surface area contributed by atoms with Gasteiger partial charge in [-0.05, 0) is 37.3 Å². The predicted molar refractivity (Wildman–Crippen MR) is 115 cm³/mol. The highest BCUT2D eigenvalue weighted by molar-refractivity contribution is 5.92. The Morgan fingerprint density at radius 3 is 2.84 bits per heavy atom. The first-order valence-electron chi connectivity index (χ1n) is 9.39. The highest BCUT2D eigenvalue weighted by Crippen LogP contribution is 2.34. The summed E-state index contributed by atoms with van der Waals surface area (Å²) in [6, 6.07) is 11.4. The average molecular weight is 455 g/mol. The van der Waals surface area contributed by atoms with Crippen molar-refractivity contribution >= 4 is 34.7 Å². The molecule has 1 aromatic heterocycles. The molecule has 2 heterocycles. The second-order valence-electron chi connectivity index (χ2n) is 7.26. The van der Waals surface area contributed by atoms with Crippen molar-refractivity contribution in [1.82, 2.24) is 10.3 Å². The molecule has 0 spiro atoms. The van der Waals surface area contributed by atoms with Gasteiger partial charge in [0.05, 0.1) is 17.4 Å². The molecule has 1 unspecified atom stereocenters.